The lowest BCUT2D eigenvalue weighted by atomic mass is 10.1. The molecule has 134 valence electrons. The number of ether oxygens (including phenoxy) is 1. The summed E-state index contributed by atoms with van der Waals surface area (Å²) in [5.41, 5.74) is 1.84. The van der Waals surface area contributed by atoms with Gasteiger partial charge in [-0.25, -0.2) is 4.98 Å². The Balaban J connectivity index is 1.64. The molecule has 3 rings (SSSR count). The van der Waals surface area contributed by atoms with Gasteiger partial charge in [-0.3, -0.25) is 0 Å². The molecule has 1 saturated heterocycles. The van der Waals surface area contributed by atoms with Crippen LogP contribution in [0.25, 0.3) is 0 Å². The molecule has 25 heavy (non-hydrogen) atoms. The number of para-hydroxylation sites is 1. The molecule has 2 aromatic rings. The number of nitrogens with zero attached hydrogens (tertiary/aromatic N) is 2. The summed E-state index contributed by atoms with van der Waals surface area (Å²) < 4.78 is 29.7. The van der Waals surface area contributed by atoms with Crippen LogP contribution in [0.1, 0.15) is 36.9 Å². The van der Waals surface area contributed by atoms with Gasteiger partial charge in [0.05, 0.1) is 0 Å². The van der Waals surface area contributed by atoms with Crippen LogP contribution in [0.2, 0.25) is 0 Å². The van der Waals surface area contributed by atoms with E-state index >= 15 is 0 Å². The maximum Gasteiger partial charge on any atom is 0.387 e. The molecule has 0 amide bonds. The van der Waals surface area contributed by atoms with E-state index < -0.39 is 6.61 Å². The molecule has 1 aromatic carbocycles. The number of hydrogen-bond donors (Lipinski definition) is 1. The van der Waals surface area contributed by atoms with E-state index in [0.29, 0.717) is 6.54 Å². The normalized spacial score (nSPS) is 15.6. The Kier molecular flexibility index (Phi) is 5.81. The standard InChI is InChI=1S/C19H23F2N3O/c1-14(16-6-2-3-7-17(16)25-19(20)21)23-13-15-8-9-22-18(12-15)24-10-4-5-11-24/h2-3,6-9,12,14,19,23H,4-5,10-11,13H2,1H3/t14-/m1/s1. The van der Waals surface area contributed by atoms with Crippen molar-refractivity contribution in [1.82, 2.24) is 10.3 Å². The second kappa shape index (κ2) is 8.25. The summed E-state index contributed by atoms with van der Waals surface area (Å²) in [5.74, 6) is 1.22. The minimum absolute atomic E-state index is 0.113. The van der Waals surface area contributed by atoms with Crippen LogP contribution >= 0.6 is 0 Å². The summed E-state index contributed by atoms with van der Waals surface area (Å²) in [6.45, 7) is 1.86. The van der Waals surface area contributed by atoms with Gasteiger partial charge >= 0.3 is 6.61 Å². The van der Waals surface area contributed by atoms with E-state index in [1.54, 1.807) is 18.2 Å². The molecule has 0 radical (unpaired) electrons. The Morgan fingerprint density at radius 1 is 1.20 bits per heavy atom. The average molecular weight is 347 g/mol. The van der Waals surface area contributed by atoms with Crippen molar-refractivity contribution in [2.75, 3.05) is 18.0 Å². The number of aromatic nitrogens is 1. The first kappa shape index (κ1) is 17.6. The lowest BCUT2D eigenvalue weighted by Gasteiger charge is -2.19. The largest absolute Gasteiger partial charge is 0.434 e. The smallest absolute Gasteiger partial charge is 0.387 e. The number of nitrogens with one attached hydrogen (secondary N) is 1. The van der Waals surface area contributed by atoms with Crippen molar-refractivity contribution in [1.29, 1.82) is 0 Å². The SMILES string of the molecule is C[C@@H](NCc1ccnc(N2CCCC2)c1)c1ccccc1OC(F)F. The molecule has 0 bridgehead atoms. The average Bonchev–Trinajstić information content (AvgIpc) is 3.15. The number of pyridine rings is 1. The molecule has 2 heterocycles. The molecule has 4 nitrogen and oxygen atoms in total. The summed E-state index contributed by atoms with van der Waals surface area (Å²) in [4.78, 5) is 6.74. The fourth-order valence-electron chi connectivity index (χ4n) is 3.11. The van der Waals surface area contributed by atoms with E-state index in [-0.39, 0.29) is 11.8 Å². The van der Waals surface area contributed by atoms with Crippen molar-refractivity contribution >= 4 is 5.82 Å². The summed E-state index contributed by atoms with van der Waals surface area (Å²) in [5, 5.41) is 3.38. The van der Waals surface area contributed by atoms with Crippen molar-refractivity contribution < 1.29 is 13.5 Å². The number of hydrogen-bond acceptors (Lipinski definition) is 4. The highest BCUT2D eigenvalue weighted by molar-refractivity contribution is 5.42. The molecule has 1 fully saturated rings. The number of benzene rings is 1. The first-order valence-corrected chi connectivity index (χ1v) is 8.60. The van der Waals surface area contributed by atoms with Crippen LogP contribution in [0.15, 0.2) is 42.6 Å². The maximum atomic E-state index is 12.6. The van der Waals surface area contributed by atoms with Gasteiger partial charge in [0.2, 0.25) is 0 Å². The molecule has 1 aliphatic heterocycles. The van der Waals surface area contributed by atoms with Gasteiger partial charge in [0.1, 0.15) is 11.6 Å². The molecule has 1 atom stereocenters. The van der Waals surface area contributed by atoms with Crippen LogP contribution in [0.4, 0.5) is 14.6 Å². The predicted octanol–water partition coefficient (Wildman–Crippen LogP) is 4.13. The fraction of sp³-hybridized carbons (Fsp3) is 0.421. The van der Waals surface area contributed by atoms with Crippen LogP contribution in [-0.4, -0.2) is 24.7 Å². The first-order valence-electron chi connectivity index (χ1n) is 8.60. The van der Waals surface area contributed by atoms with Crippen molar-refractivity contribution in [3.63, 3.8) is 0 Å². The van der Waals surface area contributed by atoms with E-state index in [4.69, 9.17) is 0 Å². The van der Waals surface area contributed by atoms with Gasteiger partial charge < -0.3 is 15.0 Å². The first-order chi connectivity index (χ1) is 12.1. The van der Waals surface area contributed by atoms with Crippen molar-refractivity contribution in [3.05, 3.63) is 53.7 Å². The third-order valence-corrected chi connectivity index (χ3v) is 4.45. The van der Waals surface area contributed by atoms with Crippen LogP contribution in [-0.2, 0) is 6.54 Å². The van der Waals surface area contributed by atoms with Crippen molar-refractivity contribution in [2.45, 2.75) is 39.0 Å². The Hall–Kier alpha value is -2.21. The van der Waals surface area contributed by atoms with Crippen molar-refractivity contribution in [3.8, 4) is 5.75 Å². The molecule has 1 N–H and O–H groups in total. The lowest BCUT2D eigenvalue weighted by Crippen LogP contribution is -2.21. The van der Waals surface area contributed by atoms with Crippen LogP contribution in [0, 0.1) is 0 Å². The number of alkyl halides is 2. The van der Waals surface area contributed by atoms with E-state index in [1.165, 1.54) is 12.8 Å². The van der Waals surface area contributed by atoms with E-state index in [2.05, 4.69) is 26.0 Å². The number of halogens is 2. The summed E-state index contributed by atoms with van der Waals surface area (Å²) in [6.07, 6.45) is 4.24. The molecule has 1 aliphatic rings. The number of anilines is 1. The van der Waals surface area contributed by atoms with Gasteiger partial charge in [-0.05, 0) is 43.5 Å². The van der Waals surface area contributed by atoms with Gasteiger partial charge in [-0.1, -0.05) is 18.2 Å². The van der Waals surface area contributed by atoms with E-state index in [1.807, 2.05) is 25.3 Å². The van der Waals surface area contributed by atoms with Crippen LogP contribution in [0.3, 0.4) is 0 Å². The molecule has 1 aromatic heterocycles. The highest BCUT2D eigenvalue weighted by Crippen LogP contribution is 2.26. The Morgan fingerprint density at radius 3 is 2.72 bits per heavy atom. The maximum absolute atomic E-state index is 12.6. The quantitative estimate of drug-likeness (QED) is 0.817. The predicted molar refractivity (Wildman–Crippen MR) is 94.0 cm³/mol. The van der Waals surface area contributed by atoms with E-state index in [9.17, 15) is 8.78 Å². The van der Waals surface area contributed by atoms with E-state index in [0.717, 1.165) is 30.0 Å². The molecule has 0 spiro atoms. The van der Waals surface area contributed by atoms with Gasteiger partial charge in [0.25, 0.3) is 0 Å². The van der Waals surface area contributed by atoms with Crippen molar-refractivity contribution in [2.24, 2.45) is 0 Å². The Bertz CT molecular complexity index is 690. The zero-order valence-electron chi connectivity index (χ0n) is 14.3. The summed E-state index contributed by atoms with van der Waals surface area (Å²) in [6, 6.07) is 10.8. The topological polar surface area (TPSA) is 37.4 Å². The Morgan fingerprint density at radius 2 is 1.96 bits per heavy atom. The second-order valence-corrected chi connectivity index (χ2v) is 6.24. The number of rotatable bonds is 7. The van der Waals surface area contributed by atoms with Crippen LogP contribution in [0.5, 0.6) is 5.75 Å². The highest BCUT2D eigenvalue weighted by Gasteiger charge is 2.16. The second-order valence-electron chi connectivity index (χ2n) is 6.24. The van der Waals surface area contributed by atoms with Gasteiger partial charge in [-0.15, -0.1) is 0 Å². The third-order valence-electron chi connectivity index (χ3n) is 4.45. The molecule has 0 unspecified atom stereocenters. The minimum atomic E-state index is -2.82. The van der Waals surface area contributed by atoms with Gasteiger partial charge in [0.15, 0.2) is 0 Å². The fourth-order valence-corrected chi connectivity index (χ4v) is 3.11. The van der Waals surface area contributed by atoms with Gasteiger partial charge in [-0.2, -0.15) is 8.78 Å². The molecule has 0 aliphatic carbocycles. The van der Waals surface area contributed by atoms with Gasteiger partial charge in [0, 0.05) is 37.4 Å². The third kappa shape index (κ3) is 4.66. The van der Waals surface area contributed by atoms with Crippen LogP contribution < -0.4 is 15.0 Å². The molecular weight excluding hydrogens is 324 g/mol. The Labute approximate surface area is 146 Å². The summed E-state index contributed by atoms with van der Waals surface area (Å²) in [7, 11) is 0. The molecule has 6 heteroatoms. The zero-order valence-corrected chi connectivity index (χ0v) is 14.3. The molecule has 0 saturated carbocycles. The monoisotopic (exact) mass is 347 g/mol. The zero-order chi connectivity index (χ0) is 17.6. The molecular formula is C19H23F2N3O. The summed E-state index contributed by atoms with van der Waals surface area (Å²) >= 11 is 0. The minimum Gasteiger partial charge on any atom is -0.434 e. The lowest BCUT2D eigenvalue weighted by molar-refractivity contribution is -0.0506. The highest BCUT2D eigenvalue weighted by atomic mass is 19.3.